The number of nitrogens with two attached hydrogens (primary N) is 2. The maximum atomic E-state index is 5.93. The van der Waals surface area contributed by atoms with Crippen molar-refractivity contribution >= 4 is 33.4 Å². The summed E-state index contributed by atoms with van der Waals surface area (Å²) in [7, 11) is 0. The lowest BCUT2D eigenvalue weighted by molar-refractivity contribution is 0.282. The molecular formula is C23H24N4O2. The first-order chi connectivity index (χ1) is 14.2. The largest absolute Gasteiger partial charge is 0.491 e. The Morgan fingerprint density at radius 1 is 0.586 bits per heavy atom. The molecule has 4 aromatic rings. The van der Waals surface area contributed by atoms with Crippen LogP contribution in [0.25, 0.3) is 21.8 Å². The quantitative estimate of drug-likeness (QED) is 0.429. The highest BCUT2D eigenvalue weighted by Gasteiger charge is 2.05. The standard InChI is InChI=1S/C23H24N4O2/c24-20-12-10-16-6-4-8-18(22(16)26-20)28-14-2-1-3-15-29-19-9-5-7-17-11-13-21(25)27-23(17)19/h4-13H,1-3,14-15H2,(H2,24,26)(H2,25,27). The van der Waals surface area contributed by atoms with Crippen molar-refractivity contribution in [3.63, 3.8) is 0 Å². The SMILES string of the molecule is Nc1ccc2cccc(OCCCCCOc3cccc4ccc(N)nc34)c2n1. The number of para-hydroxylation sites is 2. The Bertz CT molecular complexity index is 1040. The fourth-order valence-electron chi connectivity index (χ4n) is 3.25. The minimum Gasteiger partial charge on any atom is -0.491 e. The van der Waals surface area contributed by atoms with Crippen LogP contribution in [0.2, 0.25) is 0 Å². The second kappa shape index (κ2) is 8.65. The first-order valence-electron chi connectivity index (χ1n) is 9.77. The number of hydrogen-bond acceptors (Lipinski definition) is 6. The van der Waals surface area contributed by atoms with E-state index in [9.17, 15) is 0 Å². The van der Waals surface area contributed by atoms with E-state index >= 15 is 0 Å². The molecule has 0 radical (unpaired) electrons. The van der Waals surface area contributed by atoms with Gasteiger partial charge in [0.1, 0.15) is 34.2 Å². The Morgan fingerprint density at radius 3 is 1.55 bits per heavy atom. The van der Waals surface area contributed by atoms with E-state index in [4.69, 9.17) is 20.9 Å². The molecule has 0 aliphatic rings. The molecule has 0 fully saturated rings. The summed E-state index contributed by atoms with van der Waals surface area (Å²) in [5.74, 6) is 2.53. The van der Waals surface area contributed by atoms with E-state index < -0.39 is 0 Å². The maximum absolute atomic E-state index is 5.93. The average Bonchev–Trinajstić information content (AvgIpc) is 2.73. The summed E-state index contributed by atoms with van der Waals surface area (Å²) in [5.41, 5.74) is 13.2. The fourth-order valence-corrected chi connectivity index (χ4v) is 3.25. The van der Waals surface area contributed by atoms with Gasteiger partial charge < -0.3 is 20.9 Å². The van der Waals surface area contributed by atoms with Crippen molar-refractivity contribution in [3.05, 3.63) is 60.7 Å². The van der Waals surface area contributed by atoms with Crippen LogP contribution in [-0.4, -0.2) is 23.2 Å². The number of anilines is 2. The number of pyridine rings is 2. The fraction of sp³-hybridized carbons (Fsp3) is 0.217. The zero-order valence-corrected chi connectivity index (χ0v) is 16.2. The van der Waals surface area contributed by atoms with E-state index in [1.165, 1.54) is 0 Å². The van der Waals surface area contributed by atoms with Gasteiger partial charge in [-0.05, 0) is 55.7 Å². The molecule has 4 N–H and O–H groups in total. The van der Waals surface area contributed by atoms with Crippen LogP contribution in [0.3, 0.4) is 0 Å². The van der Waals surface area contributed by atoms with Gasteiger partial charge in [-0.2, -0.15) is 0 Å². The van der Waals surface area contributed by atoms with Gasteiger partial charge in [0.25, 0.3) is 0 Å². The molecule has 0 atom stereocenters. The van der Waals surface area contributed by atoms with Crippen LogP contribution >= 0.6 is 0 Å². The van der Waals surface area contributed by atoms with Gasteiger partial charge in [-0.3, -0.25) is 0 Å². The number of nitrogens with zero attached hydrogens (tertiary/aromatic N) is 2. The lowest BCUT2D eigenvalue weighted by Gasteiger charge is -2.10. The Hall–Kier alpha value is -3.54. The van der Waals surface area contributed by atoms with E-state index in [0.717, 1.165) is 52.6 Å². The second-order valence-corrected chi connectivity index (χ2v) is 6.89. The molecular weight excluding hydrogens is 364 g/mol. The zero-order valence-electron chi connectivity index (χ0n) is 16.2. The van der Waals surface area contributed by atoms with Crippen LogP contribution in [0.15, 0.2) is 60.7 Å². The van der Waals surface area contributed by atoms with E-state index in [2.05, 4.69) is 9.97 Å². The summed E-state index contributed by atoms with van der Waals surface area (Å²) in [6.07, 6.45) is 2.87. The van der Waals surface area contributed by atoms with Crippen LogP contribution in [0.4, 0.5) is 11.6 Å². The predicted octanol–water partition coefficient (Wildman–Crippen LogP) is 4.58. The van der Waals surface area contributed by atoms with Crippen molar-refractivity contribution in [2.24, 2.45) is 0 Å². The highest BCUT2D eigenvalue weighted by atomic mass is 16.5. The molecule has 4 rings (SSSR count). The number of nitrogen functional groups attached to an aromatic ring is 2. The predicted molar refractivity (Wildman–Crippen MR) is 117 cm³/mol. The number of fused-ring (bicyclic) bond motifs is 2. The van der Waals surface area contributed by atoms with Crippen molar-refractivity contribution in [1.82, 2.24) is 9.97 Å². The van der Waals surface area contributed by atoms with E-state index in [0.29, 0.717) is 24.8 Å². The van der Waals surface area contributed by atoms with Crippen molar-refractivity contribution in [2.45, 2.75) is 19.3 Å². The molecule has 0 spiro atoms. The number of rotatable bonds is 8. The van der Waals surface area contributed by atoms with Gasteiger partial charge in [0.2, 0.25) is 0 Å². The monoisotopic (exact) mass is 388 g/mol. The van der Waals surface area contributed by atoms with Gasteiger partial charge in [-0.15, -0.1) is 0 Å². The number of hydrogen-bond donors (Lipinski definition) is 2. The minimum atomic E-state index is 0.496. The van der Waals surface area contributed by atoms with Gasteiger partial charge in [-0.1, -0.05) is 24.3 Å². The van der Waals surface area contributed by atoms with Gasteiger partial charge >= 0.3 is 0 Å². The number of unbranched alkanes of at least 4 members (excludes halogenated alkanes) is 2. The number of benzene rings is 2. The van der Waals surface area contributed by atoms with Gasteiger partial charge in [0.05, 0.1) is 13.2 Å². The molecule has 0 saturated heterocycles. The molecule has 2 heterocycles. The van der Waals surface area contributed by atoms with Crippen LogP contribution in [0, 0.1) is 0 Å². The number of aromatic nitrogens is 2. The third-order valence-electron chi connectivity index (χ3n) is 4.71. The molecule has 0 aliphatic carbocycles. The lowest BCUT2D eigenvalue weighted by atomic mass is 10.2. The van der Waals surface area contributed by atoms with Crippen molar-refractivity contribution in [2.75, 3.05) is 24.7 Å². The Balaban J connectivity index is 1.24. The van der Waals surface area contributed by atoms with Crippen LogP contribution < -0.4 is 20.9 Å². The molecule has 0 amide bonds. The van der Waals surface area contributed by atoms with E-state index in [1.54, 1.807) is 12.1 Å². The molecule has 0 aliphatic heterocycles. The summed E-state index contributed by atoms with van der Waals surface area (Å²) in [6.45, 7) is 1.25. The van der Waals surface area contributed by atoms with Crippen LogP contribution in [-0.2, 0) is 0 Å². The molecule has 0 saturated carbocycles. The zero-order chi connectivity index (χ0) is 20.1. The summed E-state index contributed by atoms with van der Waals surface area (Å²) >= 11 is 0. The van der Waals surface area contributed by atoms with Crippen LogP contribution in [0.1, 0.15) is 19.3 Å². The Kier molecular flexibility index (Phi) is 5.61. The molecule has 2 aromatic heterocycles. The van der Waals surface area contributed by atoms with Crippen LogP contribution in [0.5, 0.6) is 11.5 Å². The topological polar surface area (TPSA) is 96.3 Å². The minimum absolute atomic E-state index is 0.496. The van der Waals surface area contributed by atoms with Gasteiger partial charge in [0.15, 0.2) is 0 Å². The smallest absolute Gasteiger partial charge is 0.145 e. The normalized spacial score (nSPS) is 11.0. The third-order valence-corrected chi connectivity index (χ3v) is 4.71. The molecule has 0 unspecified atom stereocenters. The molecule has 6 nitrogen and oxygen atoms in total. The summed E-state index contributed by atoms with van der Waals surface area (Å²) in [6, 6.07) is 19.3. The first kappa shape index (κ1) is 18.8. The average molecular weight is 388 g/mol. The van der Waals surface area contributed by atoms with Crippen molar-refractivity contribution < 1.29 is 9.47 Å². The number of ether oxygens (including phenoxy) is 2. The Labute approximate surface area is 169 Å². The summed E-state index contributed by atoms with van der Waals surface area (Å²) in [4.78, 5) is 8.77. The first-order valence-corrected chi connectivity index (χ1v) is 9.77. The molecule has 148 valence electrons. The van der Waals surface area contributed by atoms with Gasteiger partial charge in [0, 0.05) is 10.8 Å². The van der Waals surface area contributed by atoms with Crippen molar-refractivity contribution in [3.8, 4) is 11.5 Å². The van der Waals surface area contributed by atoms with Gasteiger partial charge in [-0.25, -0.2) is 9.97 Å². The summed E-state index contributed by atoms with van der Waals surface area (Å²) < 4.78 is 11.9. The lowest BCUT2D eigenvalue weighted by Crippen LogP contribution is -2.02. The summed E-state index contributed by atoms with van der Waals surface area (Å²) in [5, 5.41) is 2.05. The Morgan fingerprint density at radius 2 is 1.07 bits per heavy atom. The molecule has 29 heavy (non-hydrogen) atoms. The van der Waals surface area contributed by atoms with Crippen molar-refractivity contribution in [1.29, 1.82) is 0 Å². The second-order valence-electron chi connectivity index (χ2n) is 6.89. The highest BCUT2D eigenvalue weighted by molar-refractivity contribution is 5.86. The van der Waals surface area contributed by atoms with E-state index in [-0.39, 0.29) is 0 Å². The highest BCUT2D eigenvalue weighted by Crippen LogP contribution is 2.26. The molecule has 0 bridgehead atoms. The maximum Gasteiger partial charge on any atom is 0.145 e. The molecule has 2 aromatic carbocycles. The van der Waals surface area contributed by atoms with E-state index in [1.807, 2.05) is 48.5 Å². The third kappa shape index (κ3) is 4.48. The molecule has 6 heteroatoms.